The first-order valence-electron chi connectivity index (χ1n) is 13.7. The molecule has 3 heteroatoms. The van der Waals surface area contributed by atoms with Gasteiger partial charge in [-0.1, -0.05) is 97.1 Å². The molecule has 2 aromatic heterocycles. The SMILES string of the molecule is O=c1c2ccccc2c2cc(-c3cc(-c4ccccc4)cc(-c4ccccc4)c3)cc3c4ccccc4c(=O)n1c23. The highest BCUT2D eigenvalue weighted by atomic mass is 16.2. The van der Waals surface area contributed by atoms with Crippen LogP contribution < -0.4 is 11.1 Å². The number of hydrogen-bond acceptors (Lipinski definition) is 2. The molecule has 41 heavy (non-hydrogen) atoms. The van der Waals surface area contributed by atoms with Gasteiger partial charge in [-0.3, -0.25) is 9.59 Å². The second kappa shape index (κ2) is 9.00. The molecular formula is C38H23NO2. The van der Waals surface area contributed by atoms with Crippen LogP contribution in [0, 0.1) is 0 Å². The topological polar surface area (TPSA) is 38.5 Å². The Bertz CT molecular complexity index is 2230. The van der Waals surface area contributed by atoms with E-state index >= 15 is 0 Å². The molecule has 0 spiro atoms. The van der Waals surface area contributed by atoms with Gasteiger partial charge in [-0.05, 0) is 86.6 Å². The van der Waals surface area contributed by atoms with Crippen molar-refractivity contribution < 1.29 is 0 Å². The zero-order chi connectivity index (χ0) is 27.5. The van der Waals surface area contributed by atoms with Gasteiger partial charge in [-0.15, -0.1) is 0 Å². The molecule has 0 aliphatic heterocycles. The third kappa shape index (κ3) is 3.60. The van der Waals surface area contributed by atoms with Gasteiger partial charge in [0.15, 0.2) is 0 Å². The molecule has 0 aliphatic carbocycles. The first-order chi connectivity index (χ1) is 20.2. The predicted octanol–water partition coefficient (Wildman–Crippen LogP) is 8.56. The molecule has 0 atom stereocenters. The highest BCUT2D eigenvalue weighted by Gasteiger charge is 2.18. The van der Waals surface area contributed by atoms with Crippen LogP contribution in [-0.4, -0.2) is 4.40 Å². The smallest absolute Gasteiger partial charge is 0.266 e. The Balaban J connectivity index is 1.53. The molecule has 2 heterocycles. The summed E-state index contributed by atoms with van der Waals surface area (Å²) in [6.07, 6.45) is 0. The minimum atomic E-state index is -0.279. The standard InChI is InChI=1S/C38H23NO2/c40-37-32-17-9-7-15-30(32)34-22-29(23-35-31-16-8-10-18-33(31)38(41)39(37)36(34)35)28-20-26(24-11-3-1-4-12-24)19-27(21-28)25-13-5-2-6-14-25/h1-23H. The first-order valence-corrected chi connectivity index (χ1v) is 13.7. The van der Waals surface area contributed by atoms with Gasteiger partial charge in [0.1, 0.15) is 0 Å². The van der Waals surface area contributed by atoms with Crippen molar-refractivity contribution >= 4 is 37.8 Å². The number of benzene rings is 6. The molecule has 8 rings (SSSR count). The van der Waals surface area contributed by atoms with E-state index in [1.165, 1.54) is 4.40 Å². The van der Waals surface area contributed by atoms with Crippen molar-refractivity contribution in [2.75, 3.05) is 0 Å². The largest absolute Gasteiger partial charge is 0.268 e. The fraction of sp³-hybridized carbons (Fsp3) is 0. The van der Waals surface area contributed by atoms with Gasteiger partial charge in [-0.2, -0.15) is 0 Å². The number of rotatable bonds is 3. The Morgan fingerprint density at radius 1 is 0.317 bits per heavy atom. The Morgan fingerprint density at radius 3 is 1.10 bits per heavy atom. The van der Waals surface area contributed by atoms with E-state index in [0.29, 0.717) is 16.3 Å². The van der Waals surface area contributed by atoms with E-state index in [0.717, 1.165) is 54.9 Å². The van der Waals surface area contributed by atoms with Crippen LogP contribution in [0.2, 0.25) is 0 Å². The van der Waals surface area contributed by atoms with Gasteiger partial charge in [-0.25, -0.2) is 4.40 Å². The molecule has 0 radical (unpaired) electrons. The van der Waals surface area contributed by atoms with Crippen LogP contribution in [0.25, 0.3) is 71.2 Å². The summed E-state index contributed by atoms with van der Waals surface area (Å²) in [5.41, 5.74) is 6.75. The van der Waals surface area contributed by atoms with Crippen LogP contribution in [0.4, 0.5) is 0 Å². The van der Waals surface area contributed by atoms with Crippen molar-refractivity contribution in [2.45, 2.75) is 0 Å². The first kappa shape index (κ1) is 23.4. The minimum Gasteiger partial charge on any atom is -0.268 e. The highest BCUT2D eigenvalue weighted by Crippen LogP contribution is 2.38. The van der Waals surface area contributed by atoms with E-state index in [-0.39, 0.29) is 11.1 Å². The molecule has 0 fully saturated rings. The van der Waals surface area contributed by atoms with Crippen LogP contribution in [0.1, 0.15) is 0 Å². The maximum atomic E-state index is 13.7. The van der Waals surface area contributed by atoms with Crippen LogP contribution in [0.15, 0.2) is 149 Å². The van der Waals surface area contributed by atoms with Gasteiger partial charge < -0.3 is 0 Å². The van der Waals surface area contributed by atoms with E-state index in [4.69, 9.17) is 0 Å². The van der Waals surface area contributed by atoms with E-state index in [9.17, 15) is 9.59 Å². The maximum absolute atomic E-state index is 13.7. The summed E-state index contributed by atoms with van der Waals surface area (Å²) in [5.74, 6) is 0. The molecular weight excluding hydrogens is 502 g/mol. The normalized spacial score (nSPS) is 11.6. The average Bonchev–Trinajstić information content (AvgIpc) is 3.05. The number of aromatic nitrogens is 1. The molecule has 0 saturated heterocycles. The van der Waals surface area contributed by atoms with Gasteiger partial charge in [0.25, 0.3) is 11.1 Å². The van der Waals surface area contributed by atoms with Crippen molar-refractivity contribution in [1.29, 1.82) is 0 Å². The number of nitrogens with zero attached hydrogens (tertiary/aromatic N) is 1. The zero-order valence-electron chi connectivity index (χ0n) is 22.0. The summed E-state index contributed by atoms with van der Waals surface area (Å²) in [4.78, 5) is 27.4. The molecule has 6 aromatic carbocycles. The van der Waals surface area contributed by atoms with Crippen molar-refractivity contribution in [2.24, 2.45) is 0 Å². The van der Waals surface area contributed by atoms with E-state index < -0.39 is 0 Å². The van der Waals surface area contributed by atoms with Gasteiger partial charge in [0.05, 0.1) is 5.52 Å². The summed E-state index contributed by atoms with van der Waals surface area (Å²) in [6, 6.07) is 47.0. The Labute approximate surface area is 235 Å². The summed E-state index contributed by atoms with van der Waals surface area (Å²) in [5, 5.41) is 4.56. The number of fused-ring (bicyclic) bond motifs is 4. The second-order valence-electron chi connectivity index (χ2n) is 10.5. The monoisotopic (exact) mass is 525 g/mol. The molecule has 0 bridgehead atoms. The Morgan fingerprint density at radius 2 is 0.659 bits per heavy atom. The quantitative estimate of drug-likeness (QED) is 0.171. The fourth-order valence-electron chi connectivity index (χ4n) is 6.19. The lowest BCUT2D eigenvalue weighted by atomic mass is 9.91. The van der Waals surface area contributed by atoms with Crippen LogP contribution in [0.5, 0.6) is 0 Å². The van der Waals surface area contributed by atoms with Gasteiger partial charge >= 0.3 is 0 Å². The Kier molecular flexibility index (Phi) is 5.13. The van der Waals surface area contributed by atoms with Crippen molar-refractivity contribution in [3.8, 4) is 33.4 Å². The van der Waals surface area contributed by atoms with E-state index in [1.54, 1.807) is 0 Å². The second-order valence-corrected chi connectivity index (χ2v) is 10.5. The summed E-state index contributed by atoms with van der Waals surface area (Å²) in [6.45, 7) is 0. The van der Waals surface area contributed by atoms with E-state index in [2.05, 4.69) is 78.9 Å². The zero-order valence-corrected chi connectivity index (χ0v) is 22.0. The predicted molar refractivity (Wildman–Crippen MR) is 170 cm³/mol. The van der Waals surface area contributed by atoms with Crippen LogP contribution in [0.3, 0.4) is 0 Å². The van der Waals surface area contributed by atoms with E-state index in [1.807, 2.05) is 60.7 Å². The number of pyridine rings is 2. The van der Waals surface area contributed by atoms with Gasteiger partial charge in [0, 0.05) is 21.5 Å². The molecule has 0 saturated carbocycles. The lowest BCUT2D eigenvalue weighted by Crippen LogP contribution is -2.27. The van der Waals surface area contributed by atoms with Gasteiger partial charge in [0.2, 0.25) is 0 Å². The fourth-order valence-corrected chi connectivity index (χ4v) is 6.19. The molecule has 0 N–H and O–H groups in total. The third-order valence-corrected chi connectivity index (χ3v) is 8.12. The van der Waals surface area contributed by atoms with Crippen molar-refractivity contribution in [3.63, 3.8) is 0 Å². The number of hydrogen-bond donors (Lipinski definition) is 0. The summed E-state index contributed by atoms with van der Waals surface area (Å²) >= 11 is 0. The molecule has 0 amide bonds. The average molecular weight is 526 g/mol. The molecule has 3 nitrogen and oxygen atoms in total. The third-order valence-electron chi connectivity index (χ3n) is 8.12. The maximum Gasteiger partial charge on any atom is 0.266 e. The summed E-state index contributed by atoms with van der Waals surface area (Å²) < 4.78 is 1.37. The van der Waals surface area contributed by atoms with Crippen LogP contribution >= 0.6 is 0 Å². The minimum absolute atomic E-state index is 0.279. The van der Waals surface area contributed by atoms with Crippen molar-refractivity contribution in [1.82, 2.24) is 4.40 Å². The molecule has 0 unspecified atom stereocenters. The van der Waals surface area contributed by atoms with Crippen molar-refractivity contribution in [3.05, 3.63) is 160 Å². The molecule has 0 aliphatic rings. The Hall–Kier alpha value is -5.54. The highest BCUT2D eigenvalue weighted by molar-refractivity contribution is 6.19. The summed E-state index contributed by atoms with van der Waals surface area (Å²) in [7, 11) is 0. The van der Waals surface area contributed by atoms with Crippen LogP contribution in [-0.2, 0) is 0 Å². The molecule has 192 valence electrons. The lowest BCUT2D eigenvalue weighted by Gasteiger charge is -2.16. The molecule has 8 aromatic rings. The lowest BCUT2D eigenvalue weighted by molar-refractivity contribution is 1.09.